The Morgan fingerprint density at radius 1 is 1.12 bits per heavy atom. The summed E-state index contributed by atoms with van der Waals surface area (Å²) in [6.45, 7) is 11.9. The van der Waals surface area contributed by atoms with Crippen molar-refractivity contribution in [3.63, 3.8) is 0 Å². The van der Waals surface area contributed by atoms with E-state index in [1.165, 1.54) is 19.5 Å². The minimum atomic E-state index is -0.0622. The van der Waals surface area contributed by atoms with Crippen molar-refractivity contribution in [3.05, 3.63) is 0 Å². The number of rotatable bonds is 7. The Hall–Kier alpha value is -0.120. The third-order valence-electron chi connectivity index (χ3n) is 3.11. The molecule has 2 N–H and O–H groups in total. The molecule has 0 aromatic heterocycles. The average molecular weight is 244 g/mol. The van der Waals surface area contributed by atoms with E-state index in [0.29, 0.717) is 0 Å². The summed E-state index contributed by atoms with van der Waals surface area (Å²) in [4.78, 5) is 2.49. The standard InChI is InChI=1S/C12H26N2O.C2H6/c1-2-3-5-12(15)6-4-9-14-10-7-13-8-11-14;1-2/h12-13,15H,2-11H2,1H3;1-2H3. The first-order valence-electron chi connectivity index (χ1n) is 7.44. The van der Waals surface area contributed by atoms with Crippen molar-refractivity contribution in [2.45, 2.75) is 59.0 Å². The van der Waals surface area contributed by atoms with Crippen molar-refractivity contribution in [3.8, 4) is 0 Å². The lowest BCUT2D eigenvalue weighted by molar-refractivity contribution is 0.139. The summed E-state index contributed by atoms with van der Waals surface area (Å²) >= 11 is 0. The summed E-state index contributed by atoms with van der Waals surface area (Å²) < 4.78 is 0. The van der Waals surface area contributed by atoms with Crippen LogP contribution in [0.25, 0.3) is 0 Å². The fourth-order valence-corrected chi connectivity index (χ4v) is 2.07. The molecule has 1 aliphatic rings. The Balaban J connectivity index is 0.00000121. The van der Waals surface area contributed by atoms with E-state index in [1.807, 2.05) is 13.8 Å². The van der Waals surface area contributed by atoms with Gasteiger partial charge in [0.1, 0.15) is 0 Å². The van der Waals surface area contributed by atoms with Crippen LogP contribution in [0.4, 0.5) is 0 Å². The highest BCUT2D eigenvalue weighted by atomic mass is 16.3. The second-order valence-electron chi connectivity index (χ2n) is 4.53. The fraction of sp³-hybridized carbons (Fsp3) is 1.00. The van der Waals surface area contributed by atoms with Crippen molar-refractivity contribution in [1.82, 2.24) is 10.2 Å². The molecule has 0 bridgehead atoms. The molecule has 0 amide bonds. The van der Waals surface area contributed by atoms with Gasteiger partial charge in [-0.15, -0.1) is 0 Å². The van der Waals surface area contributed by atoms with Crippen molar-refractivity contribution in [2.24, 2.45) is 0 Å². The molecule has 1 atom stereocenters. The Labute approximate surface area is 108 Å². The second kappa shape index (κ2) is 12.3. The number of piperazine rings is 1. The molecule has 104 valence electrons. The summed E-state index contributed by atoms with van der Waals surface area (Å²) in [7, 11) is 0. The number of nitrogens with one attached hydrogen (secondary N) is 1. The van der Waals surface area contributed by atoms with Gasteiger partial charge in [0.15, 0.2) is 0 Å². The maximum atomic E-state index is 9.68. The molecule has 1 unspecified atom stereocenters. The van der Waals surface area contributed by atoms with Crippen molar-refractivity contribution >= 4 is 0 Å². The highest BCUT2D eigenvalue weighted by Gasteiger charge is 2.09. The van der Waals surface area contributed by atoms with Crippen molar-refractivity contribution in [1.29, 1.82) is 0 Å². The lowest BCUT2D eigenvalue weighted by Crippen LogP contribution is -2.43. The molecule has 1 rings (SSSR count). The van der Waals surface area contributed by atoms with E-state index in [0.717, 1.165) is 45.3 Å². The first-order chi connectivity index (χ1) is 8.33. The first kappa shape index (κ1) is 16.9. The minimum absolute atomic E-state index is 0.0622. The molecule has 0 radical (unpaired) electrons. The van der Waals surface area contributed by atoms with Gasteiger partial charge in [-0.3, -0.25) is 0 Å². The van der Waals surface area contributed by atoms with E-state index in [-0.39, 0.29) is 6.10 Å². The molecular weight excluding hydrogens is 212 g/mol. The molecule has 0 aromatic carbocycles. The van der Waals surface area contributed by atoms with Gasteiger partial charge in [0.2, 0.25) is 0 Å². The number of aliphatic hydroxyl groups is 1. The van der Waals surface area contributed by atoms with Gasteiger partial charge >= 0.3 is 0 Å². The molecule has 1 fully saturated rings. The van der Waals surface area contributed by atoms with Crippen LogP contribution >= 0.6 is 0 Å². The van der Waals surface area contributed by atoms with E-state index < -0.39 is 0 Å². The van der Waals surface area contributed by atoms with Crippen LogP contribution in [0, 0.1) is 0 Å². The van der Waals surface area contributed by atoms with E-state index in [9.17, 15) is 5.11 Å². The van der Waals surface area contributed by atoms with Gasteiger partial charge in [0, 0.05) is 26.2 Å². The quantitative estimate of drug-likeness (QED) is 0.721. The molecule has 1 saturated heterocycles. The van der Waals surface area contributed by atoms with Crippen LogP contribution in [0.15, 0.2) is 0 Å². The maximum absolute atomic E-state index is 9.68. The highest BCUT2D eigenvalue weighted by Crippen LogP contribution is 2.07. The Kier molecular flexibility index (Phi) is 12.3. The monoisotopic (exact) mass is 244 g/mol. The summed E-state index contributed by atoms with van der Waals surface area (Å²) in [6, 6.07) is 0. The van der Waals surface area contributed by atoms with Gasteiger partial charge in [-0.25, -0.2) is 0 Å². The maximum Gasteiger partial charge on any atom is 0.0540 e. The first-order valence-corrected chi connectivity index (χ1v) is 7.44. The largest absolute Gasteiger partial charge is 0.393 e. The second-order valence-corrected chi connectivity index (χ2v) is 4.53. The Morgan fingerprint density at radius 3 is 2.29 bits per heavy atom. The Morgan fingerprint density at radius 2 is 1.71 bits per heavy atom. The number of nitrogens with zero attached hydrogens (tertiary/aromatic N) is 1. The SMILES string of the molecule is CC.CCCCC(O)CCCN1CCNCC1. The minimum Gasteiger partial charge on any atom is -0.393 e. The van der Waals surface area contributed by atoms with E-state index in [2.05, 4.69) is 17.1 Å². The average Bonchev–Trinajstić information content (AvgIpc) is 2.40. The predicted octanol–water partition coefficient (Wildman–Crippen LogP) is 2.25. The van der Waals surface area contributed by atoms with Gasteiger partial charge in [-0.2, -0.15) is 0 Å². The molecule has 17 heavy (non-hydrogen) atoms. The van der Waals surface area contributed by atoms with Crippen LogP contribution in [-0.4, -0.2) is 48.8 Å². The van der Waals surface area contributed by atoms with Gasteiger partial charge in [-0.05, 0) is 25.8 Å². The van der Waals surface area contributed by atoms with Gasteiger partial charge < -0.3 is 15.3 Å². The summed E-state index contributed by atoms with van der Waals surface area (Å²) in [5.41, 5.74) is 0. The van der Waals surface area contributed by atoms with Crippen LogP contribution in [0.5, 0.6) is 0 Å². The van der Waals surface area contributed by atoms with Gasteiger partial charge in [-0.1, -0.05) is 33.6 Å². The fourth-order valence-electron chi connectivity index (χ4n) is 2.07. The van der Waals surface area contributed by atoms with Gasteiger partial charge in [0.05, 0.1) is 6.10 Å². The van der Waals surface area contributed by atoms with Crippen LogP contribution in [0.3, 0.4) is 0 Å². The topological polar surface area (TPSA) is 35.5 Å². The molecule has 1 aliphatic heterocycles. The van der Waals surface area contributed by atoms with Crippen molar-refractivity contribution < 1.29 is 5.11 Å². The van der Waals surface area contributed by atoms with Crippen LogP contribution < -0.4 is 5.32 Å². The number of aliphatic hydroxyl groups excluding tert-OH is 1. The molecule has 0 aromatic rings. The predicted molar refractivity (Wildman–Crippen MR) is 75.4 cm³/mol. The summed E-state index contributed by atoms with van der Waals surface area (Å²) in [5, 5.41) is 13.0. The molecule has 0 spiro atoms. The zero-order valence-corrected chi connectivity index (χ0v) is 12.0. The van der Waals surface area contributed by atoms with Crippen LogP contribution in [0.2, 0.25) is 0 Å². The van der Waals surface area contributed by atoms with Crippen molar-refractivity contribution in [2.75, 3.05) is 32.7 Å². The normalized spacial score (nSPS) is 18.4. The van der Waals surface area contributed by atoms with E-state index >= 15 is 0 Å². The van der Waals surface area contributed by atoms with Crippen LogP contribution in [-0.2, 0) is 0 Å². The highest BCUT2D eigenvalue weighted by molar-refractivity contribution is 4.68. The lowest BCUT2D eigenvalue weighted by atomic mass is 10.1. The summed E-state index contributed by atoms with van der Waals surface area (Å²) in [6.07, 6.45) is 5.39. The van der Waals surface area contributed by atoms with E-state index in [1.54, 1.807) is 0 Å². The number of hydrogen-bond donors (Lipinski definition) is 2. The molecule has 0 saturated carbocycles. The van der Waals surface area contributed by atoms with Crippen LogP contribution in [0.1, 0.15) is 52.9 Å². The molecule has 1 heterocycles. The number of hydrogen-bond acceptors (Lipinski definition) is 3. The molecule has 3 heteroatoms. The lowest BCUT2D eigenvalue weighted by Gasteiger charge is -2.27. The zero-order valence-electron chi connectivity index (χ0n) is 12.0. The number of unbranched alkanes of at least 4 members (excludes halogenated alkanes) is 1. The molecule has 3 nitrogen and oxygen atoms in total. The molecule has 0 aliphatic carbocycles. The zero-order chi connectivity index (χ0) is 12.9. The smallest absolute Gasteiger partial charge is 0.0540 e. The Bertz CT molecular complexity index is 147. The third kappa shape index (κ3) is 9.57. The summed E-state index contributed by atoms with van der Waals surface area (Å²) in [5.74, 6) is 0. The third-order valence-corrected chi connectivity index (χ3v) is 3.11. The molecular formula is C14H32N2O. The van der Waals surface area contributed by atoms with Gasteiger partial charge in [0.25, 0.3) is 0 Å². The van der Waals surface area contributed by atoms with E-state index in [4.69, 9.17) is 0 Å².